The van der Waals surface area contributed by atoms with Gasteiger partial charge in [0.15, 0.2) is 0 Å². The van der Waals surface area contributed by atoms with Crippen molar-refractivity contribution in [3.8, 4) is 5.75 Å². The number of ether oxygens (including phenoxy) is 2. The molecule has 2 amide bonds. The molecule has 1 aromatic heterocycles. The van der Waals surface area contributed by atoms with Gasteiger partial charge in [-0.2, -0.15) is 5.10 Å². The first-order valence-electron chi connectivity index (χ1n) is 10.5. The lowest BCUT2D eigenvalue weighted by molar-refractivity contribution is -0.119. The average Bonchev–Trinajstić information content (AvgIpc) is 3.53. The average molecular weight is 435 g/mol. The molecule has 0 bridgehead atoms. The molecule has 166 valence electrons. The van der Waals surface area contributed by atoms with Crippen molar-refractivity contribution < 1.29 is 19.1 Å². The molecule has 1 aliphatic rings. The van der Waals surface area contributed by atoms with Crippen LogP contribution in [-0.2, 0) is 9.53 Å². The highest BCUT2D eigenvalue weighted by Gasteiger charge is 2.17. The maximum Gasteiger partial charge on any atom is 0.255 e. The summed E-state index contributed by atoms with van der Waals surface area (Å²) in [5.41, 5.74) is 1.76. The second-order valence-electron chi connectivity index (χ2n) is 7.54. The van der Waals surface area contributed by atoms with Crippen LogP contribution < -0.4 is 15.4 Å². The summed E-state index contributed by atoms with van der Waals surface area (Å²) in [6.45, 7) is 3.05. The van der Waals surface area contributed by atoms with Gasteiger partial charge in [0.25, 0.3) is 5.91 Å². The lowest BCUT2D eigenvalue weighted by atomic mass is 10.2. The highest BCUT2D eigenvalue weighted by Crippen LogP contribution is 2.19. The summed E-state index contributed by atoms with van der Waals surface area (Å²) < 4.78 is 12.7. The Labute approximate surface area is 185 Å². The van der Waals surface area contributed by atoms with Crippen molar-refractivity contribution in [3.05, 3.63) is 66.7 Å². The van der Waals surface area contributed by atoms with Crippen LogP contribution in [0.4, 0.5) is 11.4 Å². The van der Waals surface area contributed by atoms with Crippen LogP contribution in [-0.4, -0.2) is 45.9 Å². The first kappa shape index (κ1) is 21.5. The molecular weight excluding hydrogens is 410 g/mol. The van der Waals surface area contributed by atoms with Gasteiger partial charge in [0.2, 0.25) is 5.91 Å². The number of rotatable bonds is 8. The van der Waals surface area contributed by atoms with Crippen molar-refractivity contribution in [3.63, 3.8) is 0 Å². The van der Waals surface area contributed by atoms with Gasteiger partial charge in [0.05, 0.1) is 6.10 Å². The minimum atomic E-state index is -0.491. The monoisotopic (exact) mass is 435 g/mol. The second kappa shape index (κ2) is 10.1. The standard InChI is InChI=1S/C23H25N5O4/c1-16(28-15-24-14-25-28)22(29)26-18-6-8-19(9-7-18)27-23(30)17-4-10-20(11-5-17)32-13-21-3-2-12-31-21/h4-11,14-16,21H,2-3,12-13H2,1H3,(H,26,29)(H,27,30). The van der Waals surface area contributed by atoms with Gasteiger partial charge in [-0.3, -0.25) is 9.59 Å². The Morgan fingerprint density at radius 2 is 1.84 bits per heavy atom. The molecule has 3 aromatic rings. The number of carbonyl (C=O) groups is 2. The molecule has 32 heavy (non-hydrogen) atoms. The topological polar surface area (TPSA) is 107 Å². The van der Waals surface area contributed by atoms with Crippen LogP contribution >= 0.6 is 0 Å². The highest BCUT2D eigenvalue weighted by molar-refractivity contribution is 6.04. The molecule has 2 N–H and O–H groups in total. The summed E-state index contributed by atoms with van der Waals surface area (Å²) in [5.74, 6) is 0.263. The molecule has 0 radical (unpaired) electrons. The zero-order valence-electron chi connectivity index (χ0n) is 17.7. The number of benzene rings is 2. The summed E-state index contributed by atoms with van der Waals surface area (Å²) in [6, 6.07) is 13.4. The highest BCUT2D eigenvalue weighted by atomic mass is 16.5. The van der Waals surface area contributed by atoms with E-state index < -0.39 is 6.04 Å². The Hall–Kier alpha value is -3.72. The molecule has 0 saturated carbocycles. The first-order chi connectivity index (χ1) is 15.6. The third-order valence-corrected chi connectivity index (χ3v) is 5.20. The number of carbonyl (C=O) groups excluding carboxylic acids is 2. The molecule has 1 saturated heterocycles. The van der Waals surface area contributed by atoms with Crippen LogP contribution in [0.5, 0.6) is 5.75 Å². The number of hydrogen-bond acceptors (Lipinski definition) is 6. The largest absolute Gasteiger partial charge is 0.491 e. The lowest BCUT2D eigenvalue weighted by Gasteiger charge is -2.13. The quantitative estimate of drug-likeness (QED) is 0.562. The molecule has 2 heterocycles. The van der Waals surface area contributed by atoms with Crippen molar-refractivity contribution in [1.82, 2.24) is 14.8 Å². The number of nitrogens with one attached hydrogen (secondary N) is 2. The van der Waals surface area contributed by atoms with Crippen LogP contribution in [0.15, 0.2) is 61.2 Å². The molecule has 9 nitrogen and oxygen atoms in total. The van der Waals surface area contributed by atoms with E-state index in [4.69, 9.17) is 9.47 Å². The third-order valence-electron chi connectivity index (χ3n) is 5.20. The fraction of sp³-hybridized carbons (Fsp3) is 0.304. The van der Waals surface area contributed by atoms with Gasteiger partial charge in [0, 0.05) is 23.5 Å². The Morgan fingerprint density at radius 3 is 2.47 bits per heavy atom. The van der Waals surface area contributed by atoms with E-state index in [1.807, 2.05) is 0 Å². The molecular formula is C23H25N5O4. The maximum absolute atomic E-state index is 12.5. The fourth-order valence-electron chi connectivity index (χ4n) is 3.29. The summed E-state index contributed by atoms with van der Waals surface area (Å²) in [5, 5.41) is 9.63. The van der Waals surface area contributed by atoms with Crippen molar-refractivity contribution in [2.75, 3.05) is 23.8 Å². The summed E-state index contributed by atoms with van der Waals surface area (Å²) in [4.78, 5) is 28.7. The molecule has 4 rings (SSSR count). The van der Waals surface area contributed by atoms with E-state index in [1.54, 1.807) is 55.5 Å². The van der Waals surface area contributed by atoms with Gasteiger partial charge in [-0.1, -0.05) is 0 Å². The number of aromatic nitrogens is 3. The van der Waals surface area contributed by atoms with E-state index >= 15 is 0 Å². The summed E-state index contributed by atoms with van der Waals surface area (Å²) in [6.07, 6.45) is 5.11. The molecule has 0 spiro atoms. The predicted octanol–water partition coefficient (Wildman–Crippen LogP) is 3.29. The number of amides is 2. The van der Waals surface area contributed by atoms with Crippen molar-refractivity contribution in [2.45, 2.75) is 31.9 Å². The van der Waals surface area contributed by atoms with Crippen molar-refractivity contribution in [2.24, 2.45) is 0 Å². The number of nitrogens with zero attached hydrogens (tertiary/aromatic N) is 3. The molecule has 9 heteroatoms. The van der Waals surface area contributed by atoms with Crippen LogP contribution in [0.3, 0.4) is 0 Å². The van der Waals surface area contributed by atoms with E-state index in [-0.39, 0.29) is 17.9 Å². The van der Waals surface area contributed by atoms with Crippen molar-refractivity contribution >= 4 is 23.2 Å². The lowest BCUT2D eigenvalue weighted by Crippen LogP contribution is -2.24. The minimum absolute atomic E-state index is 0.150. The minimum Gasteiger partial charge on any atom is -0.491 e. The second-order valence-corrected chi connectivity index (χ2v) is 7.54. The molecule has 2 aromatic carbocycles. The van der Waals surface area contributed by atoms with Gasteiger partial charge in [-0.15, -0.1) is 0 Å². The summed E-state index contributed by atoms with van der Waals surface area (Å²) in [7, 11) is 0. The number of hydrogen-bond donors (Lipinski definition) is 2. The van der Waals surface area contributed by atoms with Gasteiger partial charge in [-0.05, 0) is 68.3 Å². The van der Waals surface area contributed by atoms with Gasteiger partial charge < -0.3 is 20.1 Å². The van der Waals surface area contributed by atoms with E-state index in [9.17, 15) is 9.59 Å². The smallest absolute Gasteiger partial charge is 0.255 e. The predicted molar refractivity (Wildman–Crippen MR) is 119 cm³/mol. The zero-order chi connectivity index (χ0) is 22.3. The Kier molecular flexibility index (Phi) is 6.76. The maximum atomic E-state index is 12.5. The third kappa shape index (κ3) is 5.50. The normalized spacial score (nSPS) is 16.3. The van der Waals surface area contributed by atoms with Gasteiger partial charge >= 0.3 is 0 Å². The molecule has 2 atom stereocenters. The Balaban J connectivity index is 1.28. The van der Waals surface area contributed by atoms with E-state index in [2.05, 4.69) is 20.7 Å². The molecule has 1 fully saturated rings. The Morgan fingerprint density at radius 1 is 1.12 bits per heavy atom. The van der Waals surface area contributed by atoms with Gasteiger partial charge in [0.1, 0.15) is 31.1 Å². The van der Waals surface area contributed by atoms with E-state index in [1.165, 1.54) is 17.3 Å². The van der Waals surface area contributed by atoms with Crippen LogP contribution in [0.1, 0.15) is 36.2 Å². The number of anilines is 2. The fourth-order valence-corrected chi connectivity index (χ4v) is 3.29. The van der Waals surface area contributed by atoms with Gasteiger partial charge in [-0.25, -0.2) is 9.67 Å². The van der Waals surface area contributed by atoms with Crippen LogP contribution in [0.25, 0.3) is 0 Å². The van der Waals surface area contributed by atoms with E-state index in [0.717, 1.165) is 19.4 Å². The van der Waals surface area contributed by atoms with Crippen LogP contribution in [0, 0.1) is 0 Å². The first-order valence-corrected chi connectivity index (χ1v) is 10.5. The Bertz CT molecular complexity index is 1030. The van der Waals surface area contributed by atoms with E-state index in [0.29, 0.717) is 29.3 Å². The SMILES string of the molecule is CC(C(=O)Nc1ccc(NC(=O)c2ccc(OCC3CCCO3)cc2)cc1)n1cncn1. The summed E-state index contributed by atoms with van der Waals surface area (Å²) >= 11 is 0. The molecule has 1 aliphatic heterocycles. The zero-order valence-corrected chi connectivity index (χ0v) is 17.7. The molecule has 2 unspecified atom stereocenters. The van der Waals surface area contributed by atoms with Crippen LogP contribution in [0.2, 0.25) is 0 Å². The molecule has 0 aliphatic carbocycles. The van der Waals surface area contributed by atoms with Crippen molar-refractivity contribution in [1.29, 1.82) is 0 Å².